The van der Waals surface area contributed by atoms with Gasteiger partial charge in [0, 0.05) is 6.00 Å². The van der Waals surface area contributed by atoms with Gasteiger partial charge in [0.1, 0.15) is 20.1 Å². The van der Waals surface area contributed by atoms with E-state index in [0.717, 1.165) is 0 Å². The molecule has 0 bridgehead atoms. The third-order valence-corrected chi connectivity index (χ3v) is 1.96. The first kappa shape index (κ1) is 10.4. The second-order valence-corrected chi connectivity index (χ2v) is 3.30. The van der Waals surface area contributed by atoms with Gasteiger partial charge in [-0.25, -0.2) is 0 Å². The minimum absolute atomic E-state index is 0.0995. The maximum atomic E-state index is 5.58. The highest BCUT2D eigenvalue weighted by Crippen LogP contribution is 2.20. The van der Waals surface area contributed by atoms with Crippen LogP contribution in [0.3, 0.4) is 0 Å². The second-order valence-electron chi connectivity index (χ2n) is 3.09. The third-order valence-electron chi connectivity index (χ3n) is 1.71. The van der Waals surface area contributed by atoms with Crippen LogP contribution in [-0.4, -0.2) is 38.8 Å². The van der Waals surface area contributed by atoms with Crippen LogP contribution < -0.4 is 0 Å². The van der Waals surface area contributed by atoms with E-state index in [1.165, 1.54) is 0 Å². The lowest BCUT2D eigenvalue weighted by molar-refractivity contribution is -0.0294. The van der Waals surface area contributed by atoms with E-state index >= 15 is 0 Å². The van der Waals surface area contributed by atoms with Gasteiger partial charge in [0.05, 0.1) is 12.7 Å². The Bertz CT molecular complexity index is 145. The standard InChI is InChI=1S/C7H13BO3S/c1-4(2)10-5-3-9-7(8)6(5)11-12/h4-7,12H,3H2,1-2H3/t5?,6?,7-/m1/s1. The maximum Gasteiger partial charge on any atom is 0.118 e. The molecule has 0 saturated carbocycles. The van der Waals surface area contributed by atoms with Crippen molar-refractivity contribution in [3.05, 3.63) is 0 Å². The summed E-state index contributed by atoms with van der Waals surface area (Å²) < 4.78 is 15.5. The fourth-order valence-electron chi connectivity index (χ4n) is 1.20. The largest absolute Gasteiger partial charge is 0.382 e. The molecular weight excluding hydrogens is 175 g/mol. The Hall–Kier alpha value is 0.295. The molecule has 1 fully saturated rings. The minimum Gasteiger partial charge on any atom is -0.382 e. The average molecular weight is 188 g/mol. The lowest BCUT2D eigenvalue weighted by Crippen LogP contribution is -2.34. The van der Waals surface area contributed by atoms with Crippen LogP contribution in [0.25, 0.3) is 0 Å². The first-order valence-corrected chi connectivity index (χ1v) is 4.34. The Morgan fingerprint density at radius 3 is 2.75 bits per heavy atom. The van der Waals surface area contributed by atoms with E-state index in [0.29, 0.717) is 6.61 Å². The van der Waals surface area contributed by atoms with Crippen molar-refractivity contribution in [1.29, 1.82) is 0 Å². The van der Waals surface area contributed by atoms with Crippen LogP contribution in [-0.2, 0) is 13.7 Å². The summed E-state index contributed by atoms with van der Waals surface area (Å²) in [5, 5.41) is 0. The molecule has 0 spiro atoms. The van der Waals surface area contributed by atoms with Crippen LogP contribution in [0.15, 0.2) is 0 Å². The van der Waals surface area contributed by atoms with Gasteiger partial charge in [-0.3, -0.25) is 0 Å². The number of thiol groups is 1. The molecule has 0 aromatic heterocycles. The van der Waals surface area contributed by atoms with Gasteiger partial charge < -0.3 is 13.7 Å². The van der Waals surface area contributed by atoms with E-state index in [2.05, 4.69) is 12.9 Å². The first-order valence-electron chi connectivity index (χ1n) is 3.98. The third kappa shape index (κ3) is 2.39. The van der Waals surface area contributed by atoms with Crippen molar-refractivity contribution >= 4 is 20.8 Å². The summed E-state index contributed by atoms with van der Waals surface area (Å²) >= 11 is 3.72. The molecule has 3 atom stereocenters. The summed E-state index contributed by atoms with van der Waals surface area (Å²) in [5.74, 6) is 0. The molecule has 1 heterocycles. The van der Waals surface area contributed by atoms with Gasteiger partial charge in [0.2, 0.25) is 0 Å². The van der Waals surface area contributed by atoms with Crippen LogP contribution >= 0.6 is 12.9 Å². The minimum atomic E-state index is -0.425. The summed E-state index contributed by atoms with van der Waals surface area (Å²) in [7, 11) is 5.58. The Morgan fingerprint density at radius 2 is 2.25 bits per heavy atom. The van der Waals surface area contributed by atoms with Crippen LogP contribution in [0, 0.1) is 0 Å². The predicted octanol–water partition coefficient (Wildman–Crippen LogP) is 0.535. The van der Waals surface area contributed by atoms with Gasteiger partial charge in [-0.2, -0.15) is 0 Å². The quantitative estimate of drug-likeness (QED) is 0.398. The van der Waals surface area contributed by atoms with Crippen molar-refractivity contribution < 1.29 is 13.7 Å². The van der Waals surface area contributed by atoms with Crippen molar-refractivity contribution in [1.82, 2.24) is 0 Å². The fourth-order valence-corrected chi connectivity index (χ4v) is 1.46. The van der Waals surface area contributed by atoms with Crippen molar-refractivity contribution in [2.45, 2.75) is 38.2 Å². The van der Waals surface area contributed by atoms with Gasteiger partial charge >= 0.3 is 0 Å². The summed E-state index contributed by atoms with van der Waals surface area (Å²) in [5.41, 5.74) is 0. The second kappa shape index (κ2) is 4.51. The number of ether oxygens (including phenoxy) is 2. The topological polar surface area (TPSA) is 27.7 Å². The monoisotopic (exact) mass is 188 g/mol. The van der Waals surface area contributed by atoms with Crippen molar-refractivity contribution in [3.8, 4) is 0 Å². The number of rotatable bonds is 3. The summed E-state index contributed by atoms with van der Waals surface area (Å²) in [4.78, 5) is 0. The molecule has 0 aliphatic carbocycles. The maximum absolute atomic E-state index is 5.58. The van der Waals surface area contributed by atoms with E-state index in [1.807, 2.05) is 13.8 Å². The molecule has 2 unspecified atom stereocenters. The van der Waals surface area contributed by atoms with Gasteiger partial charge in [-0.05, 0) is 26.8 Å². The molecule has 0 aromatic rings. The van der Waals surface area contributed by atoms with Gasteiger partial charge in [0.25, 0.3) is 0 Å². The zero-order valence-corrected chi connectivity index (χ0v) is 8.16. The highest BCUT2D eigenvalue weighted by molar-refractivity contribution is 7.75. The van der Waals surface area contributed by atoms with Crippen molar-refractivity contribution in [3.63, 3.8) is 0 Å². The molecular formula is C7H13BO3S. The molecule has 0 N–H and O–H groups in total. The molecule has 3 nitrogen and oxygen atoms in total. The molecule has 12 heavy (non-hydrogen) atoms. The molecule has 0 amide bonds. The van der Waals surface area contributed by atoms with Gasteiger partial charge in [0.15, 0.2) is 0 Å². The lowest BCUT2D eigenvalue weighted by atomic mass is 9.94. The van der Waals surface area contributed by atoms with Crippen molar-refractivity contribution in [2.24, 2.45) is 0 Å². The van der Waals surface area contributed by atoms with Gasteiger partial charge in [-0.1, -0.05) is 0 Å². The Morgan fingerprint density at radius 1 is 1.58 bits per heavy atom. The summed E-state index contributed by atoms with van der Waals surface area (Å²) in [6, 6.07) is -0.425. The van der Waals surface area contributed by atoms with Crippen molar-refractivity contribution in [2.75, 3.05) is 6.61 Å². The van der Waals surface area contributed by atoms with Crippen LogP contribution in [0.5, 0.6) is 0 Å². The molecule has 1 aliphatic rings. The molecule has 1 aliphatic heterocycles. The van der Waals surface area contributed by atoms with E-state index in [1.54, 1.807) is 0 Å². The predicted molar refractivity (Wildman–Crippen MR) is 49.4 cm³/mol. The van der Waals surface area contributed by atoms with E-state index in [9.17, 15) is 0 Å². The molecule has 5 heteroatoms. The smallest absolute Gasteiger partial charge is 0.118 e. The lowest BCUT2D eigenvalue weighted by Gasteiger charge is -2.20. The zero-order valence-electron chi connectivity index (χ0n) is 7.27. The van der Waals surface area contributed by atoms with E-state index in [4.69, 9.17) is 21.5 Å². The zero-order chi connectivity index (χ0) is 9.14. The summed E-state index contributed by atoms with van der Waals surface area (Å²) in [6.07, 6.45) is -0.219. The average Bonchev–Trinajstić information content (AvgIpc) is 2.30. The normalized spacial score (nSPS) is 36.2. The van der Waals surface area contributed by atoms with E-state index < -0.39 is 6.00 Å². The molecule has 1 rings (SSSR count). The first-order chi connectivity index (χ1) is 5.65. The van der Waals surface area contributed by atoms with Crippen LogP contribution in [0.2, 0.25) is 0 Å². The van der Waals surface area contributed by atoms with Crippen LogP contribution in [0.4, 0.5) is 0 Å². The Labute approximate surface area is 79.8 Å². The van der Waals surface area contributed by atoms with Crippen LogP contribution in [0.1, 0.15) is 13.8 Å². The molecule has 0 aromatic carbocycles. The highest BCUT2D eigenvalue weighted by Gasteiger charge is 2.35. The number of hydrogen-bond acceptors (Lipinski definition) is 4. The molecule has 1 saturated heterocycles. The Balaban J connectivity index is 2.43. The molecule has 2 radical (unpaired) electrons. The van der Waals surface area contributed by atoms with E-state index in [-0.39, 0.29) is 18.3 Å². The Kier molecular flexibility index (Phi) is 3.90. The SMILES string of the molecule is [B][C@@H]1OCC(OC(C)C)C1OS. The van der Waals surface area contributed by atoms with Gasteiger partial charge in [-0.15, -0.1) is 0 Å². The fraction of sp³-hybridized carbons (Fsp3) is 1.00. The number of hydrogen-bond donors (Lipinski definition) is 1. The molecule has 68 valence electrons. The highest BCUT2D eigenvalue weighted by atomic mass is 32.1. The summed E-state index contributed by atoms with van der Waals surface area (Å²) in [6.45, 7) is 4.39.